The van der Waals surface area contributed by atoms with Crippen molar-refractivity contribution >= 4 is 23.4 Å². The van der Waals surface area contributed by atoms with Crippen molar-refractivity contribution in [2.75, 3.05) is 18.2 Å². The molecule has 0 aliphatic rings. The minimum absolute atomic E-state index is 0.0817. The van der Waals surface area contributed by atoms with E-state index in [9.17, 15) is 4.79 Å². The first-order valence-corrected chi connectivity index (χ1v) is 10.3. The Kier molecular flexibility index (Phi) is 7.13. The van der Waals surface area contributed by atoms with Crippen molar-refractivity contribution in [3.63, 3.8) is 0 Å². The maximum Gasteiger partial charge on any atom is 0.234 e. The second kappa shape index (κ2) is 9.97. The first-order valence-electron chi connectivity index (χ1n) is 9.28. The molecule has 1 N–H and O–H groups in total. The quantitative estimate of drug-likeness (QED) is 0.537. The molecular weight excluding hydrogens is 388 g/mol. The maximum absolute atomic E-state index is 12.3. The Hall–Kier alpha value is -3.00. The summed E-state index contributed by atoms with van der Waals surface area (Å²) in [5, 5.41) is 12.1. The van der Waals surface area contributed by atoms with Gasteiger partial charge in [0.2, 0.25) is 5.91 Å². The third-order valence-corrected chi connectivity index (χ3v) is 5.25. The normalized spacial score (nSPS) is 10.6. The molecule has 1 aromatic heterocycles. The van der Waals surface area contributed by atoms with Crippen LogP contribution in [0.5, 0.6) is 11.5 Å². The van der Waals surface area contributed by atoms with E-state index >= 15 is 0 Å². The average Bonchev–Trinajstić information content (AvgIpc) is 3.14. The number of para-hydroxylation sites is 3. The van der Waals surface area contributed by atoms with Gasteiger partial charge in [-0.2, -0.15) is 0 Å². The number of nitrogens with one attached hydrogen (secondary N) is 1. The molecule has 0 spiro atoms. The van der Waals surface area contributed by atoms with Crippen LogP contribution in [0.4, 0.5) is 5.69 Å². The molecule has 0 fully saturated rings. The third-order valence-electron chi connectivity index (χ3n) is 4.29. The van der Waals surface area contributed by atoms with Crippen molar-refractivity contribution in [1.29, 1.82) is 0 Å². The molecule has 2 aromatic carbocycles. The van der Waals surface area contributed by atoms with Crippen molar-refractivity contribution in [2.24, 2.45) is 0 Å². The number of carbonyl (C=O) groups is 1. The van der Waals surface area contributed by atoms with Gasteiger partial charge in [-0.1, -0.05) is 42.1 Å². The molecule has 3 aromatic rings. The number of methoxy groups -OCH3 is 1. The monoisotopic (exact) mass is 412 g/mol. The number of nitrogens with zero attached hydrogens (tertiary/aromatic N) is 3. The Labute approximate surface area is 174 Å². The van der Waals surface area contributed by atoms with Crippen LogP contribution in [-0.4, -0.2) is 33.5 Å². The lowest BCUT2D eigenvalue weighted by atomic mass is 10.2. The van der Waals surface area contributed by atoms with Gasteiger partial charge in [0.05, 0.1) is 12.9 Å². The van der Waals surface area contributed by atoms with E-state index in [-0.39, 0.29) is 18.3 Å². The van der Waals surface area contributed by atoms with Crippen molar-refractivity contribution < 1.29 is 14.3 Å². The smallest absolute Gasteiger partial charge is 0.234 e. The van der Waals surface area contributed by atoms with E-state index in [1.54, 1.807) is 7.11 Å². The number of ether oxygens (including phenoxy) is 2. The van der Waals surface area contributed by atoms with Crippen LogP contribution in [0.1, 0.15) is 18.3 Å². The number of benzene rings is 2. The van der Waals surface area contributed by atoms with E-state index in [0.717, 1.165) is 11.3 Å². The molecule has 152 valence electrons. The van der Waals surface area contributed by atoms with Gasteiger partial charge in [-0.3, -0.25) is 4.79 Å². The van der Waals surface area contributed by atoms with Crippen LogP contribution >= 0.6 is 11.8 Å². The highest BCUT2D eigenvalue weighted by molar-refractivity contribution is 7.99. The van der Waals surface area contributed by atoms with Crippen LogP contribution in [0, 0.1) is 6.92 Å². The zero-order valence-corrected chi connectivity index (χ0v) is 17.5. The molecule has 0 saturated heterocycles. The van der Waals surface area contributed by atoms with Gasteiger partial charge in [0.25, 0.3) is 0 Å². The van der Waals surface area contributed by atoms with Crippen LogP contribution in [-0.2, 0) is 17.9 Å². The fourth-order valence-corrected chi connectivity index (χ4v) is 3.58. The lowest BCUT2D eigenvalue weighted by Crippen LogP contribution is -2.15. The average molecular weight is 413 g/mol. The second-order valence-electron chi connectivity index (χ2n) is 6.23. The Balaban J connectivity index is 1.60. The lowest BCUT2D eigenvalue weighted by molar-refractivity contribution is -0.113. The molecule has 3 rings (SSSR count). The van der Waals surface area contributed by atoms with Crippen LogP contribution in [0.15, 0.2) is 53.7 Å². The number of hydrogen-bond donors (Lipinski definition) is 1. The Morgan fingerprint density at radius 1 is 1.10 bits per heavy atom. The van der Waals surface area contributed by atoms with E-state index in [1.807, 2.05) is 66.9 Å². The van der Waals surface area contributed by atoms with E-state index in [2.05, 4.69) is 15.5 Å². The predicted octanol–water partition coefficient (Wildman–Crippen LogP) is 3.92. The summed E-state index contributed by atoms with van der Waals surface area (Å²) >= 11 is 1.35. The van der Waals surface area contributed by atoms with Gasteiger partial charge in [0.15, 0.2) is 22.5 Å². The van der Waals surface area contributed by atoms with Gasteiger partial charge < -0.3 is 19.4 Å². The third kappa shape index (κ3) is 5.29. The molecule has 0 bridgehead atoms. The number of aryl methyl sites for hydroxylation is 1. The highest BCUT2D eigenvalue weighted by Gasteiger charge is 2.15. The molecule has 0 saturated carbocycles. The van der Waals surface area contributed by atoms with E-state index < -0.39 is 0 Å². The number of amides is 1. The minimum Gasteiger partial charge on any atom is -0.493 e. The van der Waals surface area contributed by atoms with Crippen molar-refractivity contribution in [3.8, 4) is 11.5 Å². The molecule has 0 unspecified atom stereocenters. The number of thioether (sulfide) groups is 1. The molecule has 1 heterocycles. The number of hydrogen-bond acceptors (Lipinski definition) is 6. The fourth-order valence-electron chi connectivity index (χ4n) is 2.76. The van der Waals surface area contributed by atoms with Crippen LogP contribution in [0.25, 0.3) is 0 Å². The molecule has 8 heteroatoms. The van der Waals surface area contributed by atoms with Crippen molar-refractivity contribution in [1.82, 2.24) is 14.8 Å². The number of anilines is 1. The molecule has 7 nitrogen and oxygen atoms in total. The zero-order valence-electron chi connectivity index (χ0n) is 16.7. The van der Waals surface area contributed by atoms with E-state index in [1.165, 1.54) is 11.8 Å². The summed E-state index contributed by atoms with van der Waals surface area (Å²) in [5.41, 5.74) is 1.85. The van der Waals surface area contributed by atoms with Gasteiger partial charge in [0, 0.05) is 12.2 Å². The second-order valence-corrected chi connectivity index (χ2v) is 7.18. The highest BCUT2D eigenvalue weighted by Crippen LogP contribution is 2.27. The summed E-state index contributed by atoms with van der Waals surface area (Å²) in [5.74, 6) is 2.17. The fraction of sp³-hybridized carbons (Fsp3) is 0.286. The maximum atomic E-state index is 12.3. The Bertz CT molecular complexity index is 974. The minimum atomic E-state index is -0.0817. The van der Waals surface area contributed by atoms with Gasteiger partial charge in [0.1, 0.15) is 6.61 Å². The molecule has 0 aliphatic carbocycles. The molecular formula is C21H24N4O3S. The van der Waals surface area contributed by atoms with Crippen molar-refractivity contribution in [2.45, 2.75) is 32.2 Å². The highest BCUT2D eigenvalue weighted by atomic mass is 32.2. The first kappa shape index (κ1) is 20.7. The SMILES string of the molecule is CCn1c(COc2ccccc2OC)nnc1SCC(=O)Nc1ccccc1C. The topological polar surface area (TPSA) is 78.3 Å². The van der Waals surface area contributed by atoms with Crippen LogP contribution < -0.4 is 14.8 Å². The summed E-state index contributed by atoms with van der Waals surface area (Å²) in [4.78, 5) is 12.3. The van der Waals surface area contributed by atoms with Gasteiger partial charge in [-0.25, -0.2) is 0 Å². The molecule has 0 aliphatic heterocycles. The van der Waals surface area contributed by atoms with Crippen molar-refractivity contribution in [3.05, 3.63) is 59.9 Å². The predicted molar refractivity (Wildman–Crippen MR) is 114 cm³/mol. The molecule has 29 heavy (non-hydrogen) atoms. The molecule has 0 radical (unpaired) electrons. The standard InChI is InChI=1S/C21H24N4O3S/c1-4-25-19(13-28-18-12-8-7-11-17(18)27-3)23-24-21(25)29-14-20(26)22-16-10-6-5-9-15(16)2/h5-12H,4,13-14H2,1-3H3,(H,22,26). The summed E-state index contributed by atoms with van der Waals surface area (Å²) in [6.45, 7) is 4.91. The Morgan fingerprint density at radius 3 is 2.55 bits per heavy atom. The van der Waals surface area contributed by atoms with Gasteiger partial charge in [-0.15, -0.1) is 10.2 Å². The number of carbonyl (C=O) groups excluding carboxylic acids is 1. The zero-order chi connectivity index (χ0) is 20.6. The van der Waals surface area contributed by atoms with Crippen LogP contribution in [0.2, 0.25) is 0 Å². The summed E-state index contributed by atoms with van der Waals surface area (Å²) in [6.07, 6.45) is 0. The number of aromatic nitrogens is 3. The largest absolute Gasteiger partial charge is 0.493 e. The summed E-state index contributed by atoms with van der Waals surface area (Å²) in [6, 6.07) is 15.2. The van der Waals surface area contributed by atoms with E-state index in [0.29, 0.717) is 29.0 Å². The summed E-state index contributed by atoms with van der Waals surface area (Å²) in [7, 11) is 1.60. The lowest BCUT2D eigenvalue weighted by Gasteiger charge is -2.11. The summed E-state index contributed by atoms with van der Waals surface area (Å²) < 4.78 is 13.1. The van der Waals surface area contributed by atoms with Gasteiger partial charge >= 0.3 is 0 Å². The Morgan fingerprint density at radius 2 is 1.83 bits per heavy atom. The first-order chi connectivity index (χ1) is 14.1. The van der Waals surface area contributed by atoms with Crippen LogP contribution in [0.3, 0.4) is 0 Å². The van der Waals surface area contributed by atoms with Gasteiger partial charge in [-0.05, 0) is 37.6 Å². The molecule has 1 amide bonds. The van der Waals surface area contributed by atoms with E-state index in [4.69, 9.17) is 9.47 Å². The molecule has 0 atom stereocenters. The number of rotatable bonds is 9.